The Labute approximate surface area is 151 Å². The number of carbonyl (C=O) groups is 1. The van der Waals surface area contributed by atoms with E-state index >= 15 is 0 Å². The van der Waals surface area contributed by atoms with Gasteiger partial charge in [-0.2, -0.15) is 0 Å². The molecule has 0 amide bonds. The first kappa shape index (κ1) is 16.6. The van der Waals surface area contributed by atoms with Crippen molar-refractivity contribution in [1.29, 1.82) is 0 Å². The van der Waals surface area contributed by atoms with Gasteiger partial charge in [-0.05, 0) is 49.0 Å². The molecular formula is C19H23N3O2S. The lowest BCUT2D eigenvalue weighted by Crippen LogP contribution is -2.57. The Morgan fingerprint density at radius 2 is 2.00 bits per heavy atom. The predicted molar refractivity (Wildman–Crippen MR) is 96.2 cm³/mol. The van der Waals surface area contributed by atoms with Crippen molar-refractivity contribution in [2.45, 2.75) is 46.6 Å². The van der Waals surface area contributed by atoms with Crippen molar-refractivity contribution in [3.05, 3.63) is 29.0 Å². The average Bonchev–Trinajstić information content (AvgIpc) is 2.99. The maximum atomic E-state index is 12.7. The molecule has 2 aromatic rings. The standard InChI is InChI=1S/C19H23N3O2S/c1-10-13-8-12(19(13,3)4)9-14(10)24-18(23)15-11(2)22-17(25-15)16-20-6-5-7-21-16/h5-7,10,12-14H,8-9H2,1-4H3/t10-,12+,13-,14-/m0/s1. The quantitative estimate of drug-likeness (QED) is 0.773. The van der Waals surface area contributed by atoms with Crippen LogP contribution in [0.1, 0.15) is 49.0 Å². The lowest BCUT2D eigenvalue weighted by Gasteiger charge is -2.61. The van der Waals surface area contributed by atoms with Gasteiger partial charge in [0.25, 0.3) is 0 Å². The van der Waals surface area contributed by atoms with Gasteiger partial charge in [-0.1, -0.05) is 20.8 Å². The third-order valence-corrected chi connectivity index (χ3v) is 7.42. The molecule has 0 aliphatic heterocycles. The Kier molecular flexibility index (Phi) is 3.90. The molecule has 132 valence electrons. The van der Waals surface area contributed by atoms with E-state index in [0.29, 0.717) is 44.6 Å². The molecule has 3 aliphatic rings. The van der Waals surface area contributed by atoms with Gasteiger partial charge in [-0.15, -0.1) is 11.3 Å². The minimum Gasteiger partial charge on any atom is -0.458 e. The van der Waals surface area contributed by atoms with Gasteiger partial charge >= 0.3 is 5.97 Å². The molecule has 0 radical (unpaired) electrons. The Hall–Kier alpha value is -1.82. The molecule has 3 aliphatic carbocycles. The highest BCUT2D eigenvalue weighted by molar-refractivity contribution is 7.16. The van der Waals surface area contributed by atoms with Crippen LogP contribution in [0.15, 0.2) is 18.5 Å². The summed E-state index contributed by atoms with van der Waals surface area (Å²) in [7, 11) is 0. The molecule has 0 aromatic carbocycles. The van der Waals surface area contributed by atoms with E-state index in [4.69, 9.17) is 4.74 Å². The van der Waals surface area contributed by atoms with Crippen LogP contribution in [-0.2, 0) is 4.74 Å². The highest BCUT2D eigenvalue weighted by Gasteiger charge is 2.57. The number of hydrogen-bond acceptors (Lipinski definition) is 6. The molecule has 5 nitrogen and oxygen atoms in total. The van der Waals surface area contributed by atoms with Crippen molar-refractivity contribution in [2.24, 2.45) is 23.2 Å². The highest BCUT2D eigenvalue weighted by Crippen LogP contribution is 2.61. The zero-order valence-electron chi connectivity index (χ0n) is 15.0. The molecule has 25 heavy (non-hydrogen) atoms. The molecule has 2 aromatic heterocycles. The van der Waals surface area contributed by atoms with Crippen LogP contribution < -0.4 is 0 Å². The van der Waals surface area contributed by atoms with E-state index in [-0.39, 0.29) is 12.1 Å². The topological polar surface area (TPSA) is 65.0 Å². The Bertz CT molecular complexity index is 802. The number of aryl methyl sites for hydroxylation is 1. The lowest BCUT2D eigenvalue weighted by molar-refractivity contribution is -0.156. The van der Waals surface area contributed by atoms with Gasteiger partial charge < -0.3 is 4.74 Å². The molecule has 0 saturated heterocycles. The number of rotatable bonds is 3. The maximum absolute atomic E-state index is 12.7. The van der Waals surface area contributed by atoms with Crippen molar-refractivity contribution in [3.63, 3.8) is 0 Å². The number of nitrogens with zero attached hydrogens (tertiary/aromatic N) is 3. The molecule has 4 atom stereocenters. The van der Waals surface area contributed by atoms with E-state index in [9.17, 15) is 4.79 Å². The Morgan fingerprint density at radius 3 is 2.64 bits per heavy atom. The monoisotopic (exact) mass is 357 g/mol. The summed E-state index contributed by atoms with van der Waals surface area (Å²) in [4.78, 5) is 26.1. The van der Waals surface area contributed by atoms with Gasteiger partial charge in [0.05, 0.1) is 5.69 Å². The van der Waals surface area contributed by atoms with Crippen LogP contribution in [0.4, 0.5) is 0 Å². The second kappa shape index (κ2) is 5.87. The molecular weight excluding hydrogens is 334 g/mol. The summed E-state index contributed by atoms with van der Waals surface area (Å²) in [5.74, 6) is 2.02. The van der Waals surface area contributed by atoms with Crippen molar-refractivity contribution in [1.82, 2.24) is 15.0 Å². The van der Waals surface area contributed by atoms with Crippen LogP contribution in [0.2, 0.25) is 0 Å². The molecule has 0 spiro atoms. The van der Waals surface area contributed by atoms with Gasteiger partial charge in [0.2, 0.25) is 0 Å². The second-order valence-electron chi connectivity index (χ2n) is 7.91. The van der Waals surface area contributed by atoms with Crippen LogP contribution in [0.5, 0.6) is 0 Å². The SMILES string of the molecule is Cc1nc(-c2ncccn2)sc1C(=O)O[C@H]1C[C@H]2C[C@@H]([C@@H]1C)C2(C)C. The first-order valence-corrected chi connectivity index (χ1v) is 9.65. The molecule has 5 rings (SSSR count). The van der Waals surface area contributed by atoms with Gasteiger partial charge in [-0.25, -0.2) is 19.7 Å². The number of carbonyl (C=O) groups excluding carboxylic acids is 1. The number of aromatic nitrogens is 3. The summed E-state index contributed by atoms with van der Waals surface area (Å²) < 4.78 is 5.90. The molecule has 3 fully saturated rings. The van der Waals surface area contributed by atoms with Gasteiger partial charge in [-0.3, -0.25) is 0 Å². The van der Waals surface area contributed by atoms with Crippen LogP contribution in [0.25, 0.3) is 10.8 Å². The average molecular weight is 357 g/mol. The third kappa shape index (κ3) is 2.67. The minimum absolute atomic E-state index is 0.0159. The molecule has 3 saturated carbocycles. The van der Waals surface area contributed by atoms with Crippen molar-refractivity contribution in [3.8, 4) is 10.8 Å². The van der Waals surface area contributed by atoms with E-state index in [1.165, 1.54) is 17.8 Å². The van der Waals surface area contributed by atoms with E-state index in [2.05, 4.69) is 35.7 Å². The largest absolute Gasteiger partial charge is 0.458 e. The van der Waals surface area contributed by atoms with Gasteiger partial charge in [0, 0.05) is 12.4 Å². The molecule has 0 unspecified atom stereocenters. The first-order valence-electron chi connectivity index (χ1n) is 8.83. The molecule has 2 bridgehead atoms. The summed E-state index contributed by atoms with van der Waals surface area (Å²) in [6.45, 7) is 8.76. The zero-order chi connectivity index (χ0) is 17.8. The van der Waals surface area contributed by atoms with Crippen molar-refractivity contribution >= 4 is 17.3 Å². The lowest BCUT2D eigenvalue weighted by atomic mass is 9.45. The highest BCUT2D eigenvalue weighted by atomic mass is 32.1. The van der Waals surface area contributed by atoms with E-state index in [1.54, 1.807) is 18.5 Å². The number of esters is 1. The molecule has 2 heterocycles. The molecule has 0 N–H and O–H groups in total. The van der Waals surface area contributed by atoms with Crippen LogP contribution in [-0.4, -0.2) is 27.0 Å². The molecule has 6 heteroatoms. The van der Waals surface area contributed by atoms with E-state index in [0.717, 1.165) is 6.42 Å². The number of ether oxygens (including phenoxy) is 1. The van der Waals surface area contributed by atoms with E-state index in [1.807, 2.05) is 6.92 Å². The number of hydrogen-bond donors (Lipinski definition) is 0. The Balaban J connectivity index is 1.50. The fourth-order valence-electron chi connectivity index (χ4n) is 4.54. The van der Waals surface area contributed by atoms with Crippen molar-refractivity contribution < 1.29 is 9.53 Å². The first-order chi connectivity index (χ1) is 11.9. The van der Waals surface area contributed by atoms with Gasteiger partial charge in [0.15, 0.2) is 10.8 Å². The minimum atomic E-state index is -0.256. The van der Waals surface area contributed by atoms with Crippen LogP contribution >= 0.6 is 11.3 Å². The summed E-state index contributed by atoms with van der Waals surface area (Å²) in [5, 5.41) is 0.658. The number of thiazole rings is 1. The normalized spacial score (nSPS) is 29.8. The van der Waals surface area contributed by atoms with Crippen LogP contribution in [0, 0.1) is 30.1 Å². The summed E-state index contributed by atoms with van der Waals surface area (Å²) in [6.07, 6.45) is 5.62. The summed E-state index contributed by atoms with van der Waals surface area (Å²) >= 11 is 1.31. The third-order valence-electron chi connectivity index (χ3n) is 6.28. The van der Waals surface area contributed by atoms with Gasteiger partial charge in [0.1, 0.15) is 11.0 Å². The predicted octanol–water partition coefficient (Wildman–Crippen LogP) is 4.14. The second-order valence-corrected chi connectivity index (χ2v) is 8.90. The fraction of sp³-hybridized carbons (Fsp3) is 0.579. The maximum Gasteiger partial charge on any atom is 0.350 e. The van der Waals surface area contributed by atoms with E-state index < -0.39 is 0 Å². The van der Waals surface area contributed by atoms with Crippen molar-refractivity contribution in [2.75, 3.05) is 0 Å². The zero-order valence-corrected chi connectivity index (χ0v) is 15.8. The smallest absolute Gasteiger partial charge is 0.350 e. The number of fused-ring (bicyclic) bond motifs is 2. The summed E-state index contributed by atoms with van der Waals surface area (Å²) in [6, 6.07) is 1.76. The van der Waals surface area contributed by atoms with Crippen LogP contribution in [0.3, 0.4) is 0 Å². The fourth-order valence-corrected chi connectivity index (χ4v) is 5.44. The summed E-state index contributed by atoms with van der Waals surface area (Å²) in [5.41, 5.74) is 1.08. The Morgan fingerprint density at radius 1 is 1.28 bits per heavy atom.